The molecule has 2 heterocycles. The summed E-state index contributed by atoms with van der Waals surface area (Å²) >= 11 is 0. The van der Waals surface area contributed by atoms with Gasteiger partial charge in [-0.25, -0.2) is 4.99 Å². The van der Waals surface area contributed by atoms with Crippen LogP contribution in [0.1, 0.15) is 20.8 Å². The van der Waals surface area contributed by atoms with Crippen molar-refractivity contribution in [2.24, 2.45) is 4.99 Å². The van der Waals surface area contributed by atoms with E-state index in [1.165, 1.54) is 0 Å². The second kappa shape index (κ2) is 2.62. The number of aliphatic imine (C=N–C) groups is 1. The van der Waals surface area contributed by atoms with E-state index in [0.717, 1.165) is 12.4 Å². The normalized spacial score (nSPS) is 20.7. The molecule has 0 amide bonds. The molecular formula is C10H15N3. The number of fused-ring (bicyclic) bond motifs is 1. The van der Waals surface area contributed by atoms with Crippen LogP contribution in [0.3, 0.4) is 0 Å². The highest BCUT2D eigenvalue weighted by Crippen LogP contribution is 2.23. The molecule has 0 radical (unpaired) electrons. The average molecular weight is 177 g/mol. The van der Waals surface area contributed by atoms with E-state index in [1.807, 2.05) is 6.21 Å². The minimum absolute atomic E-state index is 0.133. The van der Waals surface area contributed by atoms with Crippen molar-refractivity contribution in [3.05, 3.63) is 24.4 Å². The van der Waals surface area contributed by atoms with E-state index in [2.05, 4.69) is 54.2 Å². The lowest BCUT2D eigenvalue weighted by Gasteiger charge is -2.35. The summed E-state index contributed by atoms with van der Waals surface area (Å²) in [6.45, 7) is 7.45. The van der Waals surface area contributed by atoms with Crippen molar-refractivity contribution in [3.8, 4) is 0 Å². The summed E-state index contributed by atoms with van der Waals surface area (Å²) in [6.07, 6.45) is 8.19. The van der Waals surface area contributed by atoms with Crippen molar-refractivity contribution < 1.29 is 0 Å². The molecule has 3 nitrogen and oxygen atoms in total. The van der Waals surface area contributed by atoms with Crippen molar-refractivity contribution in [3.63, 3.8) is 0 Å². The molecule has 0 aromatic heterocycles. The van der Waals surface area contributed by atoms with Gasteiger partial charge < -0.3 is 9.80 Å². The summed E-state index contributed by atoms with van der Waals surface area (Å²) in [4.78, 5) is 8.60. The molecule has 0 aliphatic carbocycles. The molecule has 0 aromatic rings. The Labute approximate surface area is 79.0 Å². The maximum absolute atomic E-state index is 4.29. The van der Waals surface area contributed by atoms with Gasteiger partial charge in [0.15, 0.2) is 0 Å². The van der Waals surface area contributed by atoms with Crippen LogP contribution in [0.2, 0.25) is 0 Å². The van der Waals surface area contributed by atoms with Gasteiger partial charge in [0.2, 0.25) is 0 Å². The van der Waals surface area contributed by atoms with Crippen LogP contribution in [-0.4, -0.2) is 28.1 Å². The molecule has 0 fully saturated rings. The Morgan fingerprint density at radius 2 is 2.08 bits per heavy atom. The fraction of sp³-hybridized carbons (Fsp3) is 0.500. The summed E-state index contributed by atoms with van der Waals surface area (Å²) in [6, 6.07) is 0. The van der Waals surface area contributed by atoms with E-state index >= 15 is 0 Å². The van der Waals surface area contributed by atoms with Gasteiger partial charge in [0.05, 0.1) is 6.54 Å². The molecule has 13 heavy (non-hydrogen) atoms. The van der Waals surface area contributed by atoms with Gasteiger partial charge in [0.1, 0.15) is 5.82 Å². The van der Waals surface area contributed by atoms with Crippen LogP contribution < -0.4 is 0 Å². The number of nitrogens with zero attached hydrogens (tertiary/aromatic N) is 3. The van der Waals surface area contributed by atoms with E-state index in [4.69, 9.17) is 0 Å². The monoisotopic (exact) mass is 177 g/mol. The van der Waals surface area contributed by atoms with Crippen LogP contribution in [0.15, 0.2) is 29.4 Å². The quantitative estimate of drug-likeness (QED) is 0.561. The number of hydrogen-bond acceptors (Lipinski definition) is 3. The van der Waals surface area contributed by atoms with Gasteiger partial charge in [-0.3, -0.25) is 0 Å². The first kappa shape index (κ1) is 8.35. The number of hydrogen-bond donors (Lipinski definition) is 0. The first-order valence-electron chi connectivity index (χ1n) is 4.55. The SMILES string of the molecule is CC(C)(C)N1C=CN2CC=NC2=C1. The fourth-order valence-corrected chi connectivity index (χ4v) is 1.37. The smallest absolute Gasteiger partial charge is 0.148 e. The van der Waals surface area contributed by atoms with Gasteiger partial charge in [-0.15, -0.1) is 0 Å². The van der Waals surface area contributed by atoms with E-state index in [0.29, 0.717) is 0 Å². The summed E-state index contributed by atoms with van der Waals surface area (Å²) in [5.41, 5.74) is 0.133. The van der Waals surface area contributed by atoms with Gasteiger partial charge in [-0.05, 0) is 20.8 Å². The molecule has 0 saturated carbocycles. The summed E-state index contributed by atoms with van der Waals surface area (Å²) in [7, 11) is 0. The maximum atomic E-state index is 4.29. The van der Waals surface area contributed by atoms with Crippen molar-refractivity contribution in [1.82, 2.24) is 9.80 Å². The Kier molecular flexibility index (Phi) is 1.68. The Balaban J connectivity index is 2.23. The van der Waals surface area contributed by atoms with E-state index < -0.39 is 0 Å². The molecule has 2 aliphatic heterocycles. The molecule has 2 rings (SSSR count). The van der Waals surface area contributed by atoms with Crippen LogP contribution in [-0.2, 0) is 0 Å². The van der Waals surface area contributed by atoms with Crippen molar-refractivity contribution in [2.45, 2.75) is 26.3 Å². The number of rotatable bonds is 0. The highest BCUT2D eigenvalue weighted by molar-refractivity contribution is 5.65. The highest BCUT2D eigenvalue weighted by Gasteiger charge is 2.22. The average Bonchev–Trinajstić information content (AvgIpc) is 2.47. The third-order valence-electron chi connectivity index (χ3n) is 2.23. The van der Waals surface area contributed by atoms with Gasteiger partial charge in [-0.1, -0.05) is 0 Å². The molecule has 0 saturated heterocycles. The molecule has 0 unspecified atom stereocenters. The summed E-state index contributed by atoms with van der Waals surface area (Å²) in [5.74, 6) is 1.04. The summed E-state index contributed by atoms with van der Waals surface area (Å²) < 4.78 is 0. The maximum Gasteiger partial charge on any atom is 0.148 e. The molecule has 0 bridgehead atoms. The zero-order valence-corrected chi connectivity index (χ0v) is 8.36. The minimum atomic E-state index is 0.133. The predicted octanol–water partition coefficient (Wildman–Crippen LogP) is 1.76. The first-order chi connectivity index (χ1) is 6.07. The topological polar surface area (TPSA) is 18.8 Å². The van der Waals surface area contributed by atoms with E-state index in [-0.39, 0.29) is 5.54 Å². The van der Waals surface area contributed by atoms with E-state index in [9.17, 15) is 0 Å². The van der Waals surface area contributed by atoms with Crippen molar-refractivity contribution in [1.29, 1.82) is 0 Å². The Morgan fingerprint density at radius 3 is 2.77 bits per heavy atom. The zero-order chi connectivity index (χ0) is 9.47. The lowest BCUT2D eigenvalue weighted by atomic mass is 10.1. The minimum Gasteiger partial charge on any atom is -0.344 e. The standard InChI is InChI=1S/C10H15N3/c1-10(2,3)13-7-6-12-5-4-11-9(12)8-13/h4,6-8H,5H2,1-3H3. The van der Waals surface area contributed by atoms with Gasteiger partial charge in [0.25, 0.3) is 0 Å². The van der Waals surface area contributed by atoms with Gasteiger partial charge in [-0.2, -0.15) is 0 Å². The molecule has 3 heteroatoms. The van der Waals surface area contributed by atoms with Gasteiger partial charge >= 0.3 is 0 Å². The van der Waals surface area contributed by atoms with Crippen molar-refractivity contribution >= 4 is 6.21 Å². The Bertz CT molecular complexity index is 294. The summed E-state index contributed by atoms with van der Waals surface area (Å²) in [5, 5.41) is 0. The van der Waals surface area contributed by atoms with Crippen LogP contribution in [0.5, 0.6) is 0 Å². The molecule has 70 valence electrons. The molecule has 0 atom stereocenters. The van der Waals surface area contributed by atoms with Crippen LogP contribution in [0.25, 0.3) is 0 Å². The van der Waals surface area contributed by atoms with E-state index in [1.54, 1.807) is 0 Å². The molecule has 0 spiro atoms. The predicted molar refractivity (Wildman–Crippen MR) is 54.0 cm³/mol. The largest absolute Gasteiger partial charge is 0.344 e. The Morgan fingerprint density at radius 1 is 1.31 bits per heavy atom. The second-order valence-electron chi connectivity index (χ2n) is 4.33. The fourth-order valence-electron chi connectivity index (χ4n) is 1.37. The highest BCUT2D eigenvalue weighted by atomic mass is 15.3. The van der Waals surface area contributed by atoms with Crippen LogP contribution in [0, 0.1) is 0 Å². The lowest BCUT2D eigenvalue weighted by molar-refractivity contribution is 0.261. The molecule has 0 aromatic carbocycles. The zero-order valence-electron chi connectivity index (χ0n) is 8.36. The second-order valence-corrected chi connectivity index (χ2v) is 4.33. The van der Waals surface area contributed by atoms with Crippen LogP contribution >= 0.6 is 0 Å². The first-order valence-corrected chi connectivity index (χ1v) is 4.55. The Hall–Kier alpha value is -1.25. The third-order valence-corrected chi connectivity index (χ3v) is 2.23. The molecule has 0 N–H and O–H groups in total. The van der Waals surface area contributed by atoms with Gasteiger partial charge in [0, 0.05) is 30.4 Å². The van der Waals surface area contributed by atoms with Crippen LogP contribution in [0.4, 0.5) is 0 Å². The lowest BCUT2D eigenvalue weighted by Crippen LogP contribution is -2.36. The molecular weight excluding hydrogens is 162 g/mol. The van der Waals surface area contributed by atoms with Crippen molar-refractivity contribution in [2.75, 3.05) is 6.54 Å². The molecule has 2 aliphatic rings. The third kappa shape index (κ3) is 1.46.